The zero-order valence-corrected chi connectivity index (χ0v) is 21.1. The van der Waals surface area contributed by atoms with Crippen LogP contribution in [0.25, 0.3) is 0 Å². The highest BCUT2D eigenvalue weighted by molar-refractivity contribution is 7.99. The van der Waals surface area contributed by atoms with Crippen molar-refractivity contribution in [3.05, 3.63) is 59.7 Å². The molecule has 0 radical (unpaired) electrons. The highest BCUT2D eigenvalue weighted by Gasteiger charge is 2.29. The summed E-state index contributed by atoms with van der Waals surface area (Å²) in [6, 6.07) is 15.0. The minimum atomic E-state index is -0.528. The van der Waals surface area contributed by atoms with Gasteiger partial charge in [-0.15, -0.1) is 11.8 Å². The molecular weight excluding hydrogens is 436 g/mol. The van der Waals surface area contributed by atoms with E-state index < -0.39 is 6.04 Å². The van der Waals surface area contributed by atoms with Gasteiger partial charge in [0.05, 0.1) is 20.0 Å². The number of hydrogen-bond acceptors (Lipinski definition) is 5. The molecule has 0 unspecified atom stereocenters. The first-order valence-electron chi connectivity index (χ1n) is 11.3. The third-order valence-electron chi connectivity index (χ3n) is 5.53. The van der Waals surface area contributed by atoms with Gasteiger partial charge < -0.3 is 19.7 Å². The number of rotatable bonds is 13. The molecule has 0 aromatic heterocycles. The standard InChI is InChI=1S/C26H36N2O4S/c1-6-19(3)27-26(30)24(7-2)28(16-21-9-8-10-23(15-21)32-5)25(29)18-33-17-20-11-13-22(31-4)14-12-20/h8-15,19,24H,6-7,16-18H2,1-5H3,(H,27,30)/t19-,24-/m1/s1. The largest absolute Gasteiger partial charge is 0.497 e. The van der Waals surface area contributed by atoms with Gasteiger partial charge in [0.2, 0.25) is 11.8 Å². The second kappa shape index (κ2) is 13.8. The van der Waals surface area contributed by atoms with E-state index in [0.29, 0.717) is 24.5 Å². The first-order chi connectivity index (χ1) is 15.9. The van der Waals surface area contributed by atoms with Gasteiger partial charge in [-0.25, -0.2) is 0 Å². The molecule has 0 heterocycles. The van der Waals surface area contributed by atoms with Crippen LogP contribution in [0.15, 0.2) is 48.5 Å². The van der Waals surface area contributed by atoms with E-state index in [-0.39, 0.29) is 17.9 Å². The van der Waals surface area contributed by atoms with Gasteiger partial charge in [-0.3, -0.25) is 9.59 Å². The summed E-state index contributed by atoms with van der Waals surface area (Å²) < 4.78 is 10.5. The Bertz CT molecular complexity index is 888. The fourth-order valence-corrected chi connectivity index (χ4v) is 4.26. The van der Waals surface area contributed by atoms with Crippen molar-refractivity contribution in [1.29, 1.82) is 0 Å². The molecule has 0 spiro atoms. The Kier molecular flexibility index (Phi) is 11.1. The molecule has 0 aliphatic heterocycles. The Hall–Kier alpha value is -2.67. The molecule has 0 saturated heterocycles. The maximum atomic E-state index is 13.3. The third-order valence-corrected chi connectivity index (χ3v) is 6.52. The second-order valence-electron chi connectivity index (χ2n) is 7.96. The van der Waals surface area contributed by atoms with Gasteiger partial charge in [0.25, 0.3) is 0 Å². The number of amides is 2. The molecule has 1 N–H and O–H groups in total. The number of methoxy groups -OCH3 is 2. The van der Waals surface area contributed by atoms with Crippen LogP contribution in [0, 0.1) is 0 Å². The van der Waals surface area contributed by atoms with E-state index in [1.165, 1.54) is 0 Å². The van der Waals surface area contributed by atoms with Crippen molar-refractivity contribution in [3.63, 3.8) is 0 Å². The molecule has 7 heteroatoms. The van der Waals surface area contributed by atoms with E-state index in [9.17, 15) is 9.59 Å². The van der Waals surface area contributed by atoms with Crippen LogP contribution in [0.5, 0.6) is 11.5 Å². The molecule has 0 fully saturated rings. The van der Waals surface area contributed by atoms with Gasteiger partial charge in [-0.2, -0.15) is 0 Å². The lowest BCUT2D eigenvalue weighted by atomic mass is 10.1. The van der Waals surface area contributed by atoms with E-state index in [1.807, 2.05) is 69.3 Å². The van der Waals surface area contributed by atoms with Crippen LogP contribution in [-0.2, 0) is 21.9 Å². The molecule has 2 aromatic carbocycles. The second-order valence-corrected chi connectivity index (χ2v) is 8.94. The predicted octanol–water partition coefficient (Wildman–Crippen LogP) is 4.66. The van der Waals surface area contributed by atoms with Crippen LogP contribution in [0.2, 0.25) is 0 Å². The summed E-state index contributed by atoms with van der Waals surface area (Å²) in [4.78, 5) is 28.0. The Morgan fingerprint density at radius 1 is 0.970 bits per heavy atom. The van der Waals surface area contributed by atoms with Crippen LogP contribution >= 0.6 is 11.8 Å². The summed E-state index contributed by atoms with van der Waals surface area (Å²) in [5, 5.41) is 3.04. The first kappa shape index (κ1) is 26.6. The van der Waals surface area contributed by atoms with Crippen LogP contribution in [-0.4, -0.2) is 48.8 Å². The quantitative estimate of drug-likeness (QED) is 0.459. The first-order valence-corrected chi connectivity index (χ1v) is 12.5. The molecule has 2 rings (SSSR count). The predicted molar refractivity (Wildman–Crippen MR) is 135 cm³/mol. The lowest BCUT2D eigenvalue weighted by molar-refractivity contribution is -0.139. The van der Waals surface area contributed by atoms with E-state index in [0.717, 1.165) is 29.0 Å². The Morgan fingerprint density at radius 2 is 1.67 bits per heavy atom. The van der Waals surface area contributed by atoms with Gasteiger partial charge in [0, 0.05) is 18.3 Å². The Morgan fingerprint density at radius 3 is 2.27 bits per heavy atom. The summed E-state index contributed by atoms with van der Waals surface area (Å²) in [6.07, 6.45) is 1.38. The van der Waals surface area contributed by atoms with E-state index in [4.69, 9.17) is 9.47 Å². The highest BCUT2D eigenvalue weighted by Crippen LogP contribution is 2.21. The van der Waals surface area contributed by atoms with Crippen LogP contribution in [0.3, 0.4) is 0 Å². The normalized spacial score (nSPS) is 12.5. The van der Waals surface area contributed by atoms with Crippen LogP contribution in [0.1, 0.15) is 44.7 Å². The fraction of sp³-hybridized carbons (Fsp3) is 0.462. The summed E-state index contributed by atoms with van der Waals surface area (Å²) >= 11 is 1.54. The molecular formula is C26H36N2O4S. The molecule has 2 atom stereocenters. The maximum Gasteiger partial charge on any atom is 0.243 e. The van der Waals surface area contributed by atoms with Crippen LogP contribution in [0.4, 0.5) is 0 Å². The number of nitrogens with zero attached hydrogens (tertiary/aromatic N) is 1. The SMILES string of the molecule is CC[C@@H](C)NC(=O)[C@@H](CC)N(Cc1cccc(OC)c1)C(=O)CSCc1ccc(OC)cc1. The number of hydrogen-bond donors (Lipinski definition) is 1. The third kappa shape index (κ3) is 8.31. The van der Waals surface area contributed by atoms with Gasteiger partial charge in [-0.05, 0) is 55.2 Å². The molecule has 180 valence electrons. The number of thioether (sulfide) groups is 1. The molecule has 0 saturated carbocycles. The molecule has 2 aromatic rings. The summed E-state index contributed by atoms with van der Waals surface area (Å²) in [5.74, 6) is 2.38. The highest BCUT2D eigenvalue weighted by atomic mass is 32.2. The Labute approximate surface area is 202 Å². The smallest absolute Gasteiger partial charge is 0.243 e. The van der Waals surface area contributed by atoms with Crippen molar-refractivity contribution < 1.29 is 19.1 Å². The van der Waals surface area contributed by atoms with Gasteiger partial charge >= 0.3 is 0 Å². The van der Waals surface area contributed by atoms with E-state index >= 15 is 0 Å². The molecule has 2 amide bonds. The van der Waals surface area contributed by atoms with Crippen molar-refractivity contribution in [1.82, 2.24) is 10.2 Å². The summed E-state index contributed by atoms with van der Waals surface area (Å²) in [7, 11) is 3.26. The van der Waals surface area contributed by atoms with Crippen molar-refractivity contribution in [3.8, 4) is 11.5 Å². The van der Waals surface area contributed by atoms with Crippen molar-refractivity contribution >= 4 is 23.6 Å². The van der Waals surface area contributed by atoms with E-state index in [1.54, 1.807) is 30.9 Å². The topological polar surface area (TPSA) is 67.9 Å². The number of nitrogens with one attached hydrogen (secondary N) is 1. The lowest BCUT2D eigenvalue weighted by Gasteiger charge is -2.31. The van der Waals surface area contributed by atoms with Crippen molar-refractivity contribution in [2.24, 2.45) is 0 Å². The van der Waals surface area contributed by atoms with Crippen molar-refractivity contribution in [2.75, 3.05) is 20.0 Å². The minimum absolute atomic E-state index is 0.0533. The maximum absolute atomic E-state index is 13.3. The van der Waals surface area contributed by atoms with Crippen LogP contribution < -0.4 is 14.8 Å². The fourth-order valence-electron chi connectivity index (χ4n) is 3.39. The van der Waals surface area contributed by atoms with Crippen molar-refractivity contribution in [2.45, 2.75) is 58.0 Å². The average Bonchev–Trinajstić information content (AvgIpc) is 2.84. The molecule has 0 bridgehead atoms. The zero-order chi connectivity index (χ0) is 24.2. The molecule has 0 aliphatic rings. The number of benzene rings is 2. The number of carbonyl (C=O) groups is 2. The monoisotopic (exact) mass is 472 g/mol. The average molecular weight is 473 g/mol. The van der Waals surface area contributed by atoms with Gasteiger partial charge in [0.1, 0.15) is 17.5 Å². The summed E-state index contributed by atoms with van der Waals surface area (Å²) in [6.45, 7) is 6.30. The summed E-state index contributed by atoms with van der Waals surface area (Å²) in [5.41, 5.74) is 2.05. The van der Waals surface area contributed by atoms with Gasteiger partial charge in [-0.1, -0.05) is 38.1 Å². The molecule has 0 aliphatic carbocycles. The molecule has 6 nitrogen and oxygen atoms in total. The lowest BCUT2D eigenvalue weighted by Crippen LogP contribution is -2.51. The minimum Gasteiger partial charge on any atom is -0.497 e. The number of carbonyl (C=O) groups excluding carboxylic acids is 2. The molecule has 33 heavy (non-hydrogen) atoms. The Balaban J connectivity index is 2.14. The van der Waals surface area contributed by atoms with E-state index in [2.05, 4.69) is 5.32 Å². The van der Waals surface area contributed by atoms with Gasteiger partial charge in [0.15, 0.2) is 0 Å². The number of ether oxygens (including phenoxy) is 2. The zero-order valence-electron chi connectivity index (χ0n) is 20.3.